The van der Waals surface area contributed by atoms with E-state index < -0.39 is 0 Å². The summed E-state index contributed by atoms with van der Waals surface area (Å²) in [6.45, 7) is 10.2. The van der Waals surface area contributed by atoms with Crippen molar-refractivity contribution in [3.63, 3.8) is 0 Å². The lowest BCUT2D eigenvalue weighted by Crippen LogP contribution is -2.25. The zero-order chi connectivity index (χ0) is 22.7. The second-order valence-corrected chi connectivity index (χ2v) is 8.44. The van der Waals surface area contributed by atoms with E-state index in [0.717, 1.165) is 36.2 Å². The van der Waals surface area contributed by atoms with Crippen LogP contribution in [-0.4, -0.2) is 27.0 Å². The molecule has 0 unspecified atom stereocenters. The number of nitrogens with one attached hydrogen (secondary N) is 1. The second kappa shape index (κ2) is 9.35. The molecule has 5 nitrogen and oxygen atoms in total. The maximum absolute atomic E-state index is 12.3. The molecule has 0 aliphatic carbocycles. The molecule has 5 heteroatoms. The number of nitrogens with zero attached hydrogens (tertiary/aromatic N) is 3. The molecule has 0 radical (unpaired) electrons. The molecular weight excluding hydrogens is 396 g/mol. The molecule has 4 rings (SSSR count). The van der Waals surface area contributed by atoms with E-state index in [9.17, 15) is 4.79 Å². The molecule has 0 atom stereocenters. The lowest BCUT2D eigenvalue weighted by molar-refractivity contribution is 0.0952. The predicted octanol–water partition coefficient (Wildman–Crippen LogP) is 5.08. The summed E-state index contributed by atoms with van der Waals surface area (Å²) in [6.07, 6.45) is 4.87. The third kappa shape index (κ3) is 4.42. The van der Waals surface area contributed by atoms with Crippen LogP contribution in [0.1, 0.15) is 50.4 Å². The molecule has 0 aliphatic heterocycles. The van der Waals surface area contributed by atoms with Gasteiger partial charge in [0.05, 0.1) is 16.6 Å². The van der Waals surface area contributed by atoms with Crippen molar-refractivity contribution >= 4 is 16.9 Å². The van der Waals surface area contributed by atoms with Gasteiger partial charge in [0.25, 0.3) is 5.91 Å². The molecule has 0 spiro atoms. The summed E-state index contributed by atoms with van der Waals surface area (Å²) in [5.74, 6) is 0.966. The van der Waals surface area contributed by atoms with Gasteiger partial charge in [-0.1, -0.05) is 18.2 Å². The molecule has 2 aromatic heterocycles. The first-order chi connectivity index (χ1) is 15.5. The largest absolute Gasteiger partial charge is 0.352 e. The number of hydrogen-bond acceptors (Lipinski definition) is 3. The van der Waals surface area contributed by atoms with E-state index in [0.29, 0.717) is 12.1 Å². The number of benzene rings is 2. The Bertz CT molecular complexity index is 1230. The standard InChI is InChI=1S/C27H30N4O/c1-18-15-19(2)21(4)23(20(18)3)17-31-25-11-6-5-10-24(25)30-26(31)12-8-14-29-27(32)22-9-7-13-28-16-22/h5-7,9-11,13,15-16H,8,12,14,17H2,1-4H3,(H,29,32). The topological polar surface area (TPSA) is 59.8 Å². The molecule has 0 aliphatic rings. The molecule has 0 saturated heterocycles. The summed E-state index contributed by atoms with van der Waals surface area (Å²) in [6, 6.07) is 14.1. The minimum absolute atomic E-state index is 0.0897. The van der Waals surface area contributed by atoms with Gasteiger partial charge < -0.3 is 9.88 Å². The molecule has 0 bridgehead atoms. The van der Waals surface area contributed by atoms with E-state index in [1.807, 2.05) is 6.07 Å². The maximum Gasteiger partial charge on any atom is 0.252 e. The number of amides is 1. The number of aryl methyl sites for hydroxylation is 3. The van der Waals surface area contributed by atoms with E-state index in [4.69, 9.17) is 4.98 Å². The van der Waals surface area contributed by atoms with Crippen molar-refractivity contribution in [1.29, 1.82) is 0 Å². The van der Waals surface area contributed by atoms with Crippen LogP contribution in [0.3, 0.4) is 0 Å². The highest BCUT2D eigenvalue weighted by atomic mass is 16.1. The van der Waals surface area contributed by atoms with Gasteiger partial charge >= 0.3 is 0 Å². The number of carbonyl (C=O) groups is 1. The third-order valence-electron chi connectivity index (χ3n) is 6.36. The van der Waals surface area contributed by atoms with Gasteiger partial charge in [-0.25, -0.2) is 4.98 Å². The Morgan fingerprint density at radius 3 is 2.47 bits per heavy atom. The molecule has 2 aromatic carbocycles. The summed E-state index contributed by atoms with van der Waals surface area (Å²) < 4.78 is 2.34. The minimum Gasteiger partial charge on any atom is -0.352 e. The lowest BCUT2D eigenvalue weighted by Gasteiger charge is -2.18. The fraction of sp³-hybridized carbons (Fsp3) is 0.296. The quantitative estimate of drug-likeness (QED) is 0.420. The number of rotatable bonds is 7. The molecule has 4 aromatic rings. The smallest absolute Gasteiger partial charge is 0.252 e. The number of aromatic nitrogens is 3. The fourth-order valence-electron chi connectivity index (χ4n) is 4.23. The molecule has 1 N–H and O–H groups in total. The average Bonchev–Trinajstić information content (AvgIpc) is 3.16. The van der Waals surface area contributed by atoms with Crippen LogP contribution in [-0.2, 0) is 13.0 Å². The van der Waals surface area contributed by atoms with Crippen molar-refractivity contribution in [3.05, 3.63) is 94.1 Å². The van der Waals surface area contributed by atoms with Gasteiger partial charge in [-0.15, -0.1) is 0 Å². The average molecular weight is 427 g/mol. The predicted molar refractivity (Wildman–Crippen MR) is 129 cm³/mol. The van der Waals surface area contributed by atoms with Gasteiger partial charge in [0, 0.05) is 31.9 Å². The van der Waals surface area contributed by atoms with Crippen molar-refractivity contribution in [2.75, 3.05) is 6.54 Å². The Balaban J connectivity index is 1.54. The van der Waals surface area contributed by atoms with Crippen LogP contribution in [0, 0.1) is 27.7 Å². The SMILES string of the molecule is Cc1cc(C)c(C)c(Cn2c(CCCNC(=O)c3cccnc3)nc3ccccc32)c1C. The van der Waals surface area contributed by atoms with Crippen LogP contribution in [0.2, 0.25) is 0 Å². The van der Waals surface area contributed by atoms with Crippen molar-refractivity contribution in [3.8, 4) is 0 Å². The minimum atomic E-state index is -0.0897. The van der Waals surface area contributed by atoms with Gasteiger partial charge in [0.2, 0.25) is 0 Å². The van der Waals surface area contributed by atoms with Gasteiger partial charge in [-0.05, 0) is 86.2 Å². The van der Waals surface area contributed by atoms with Crippen molar-refractivity contribution in [1.82, 2.24) is 19.9 Å². The first kappa shape index (κ1) is 21.8. The maximum atomic E-state index is 12.3. The number of hydrogen-bond donors (Lipinski definition) is 1. The van der Waals surface area contributed by atoms with E-state index in [2.05, 4.69) is 66.8 Å². The number of pyridine rings is 1. The first-order valence-corrected chi connectivity index (χ1v) is 11.1. The van der Waals surface area contributed by atoms with Gasteiger partial charge in [0.15, 0.2) is 0 Å². The summed E-state index contributed by atoms with van der Waals surface area (Å²) in [5.41, 5.74) is 9.47. The zero-order valence-corrected chi connectivity index (χ0v) is 19.3. The van der Waals surface area contributed by atoms with Gasteiger partial charge in [0.1, 0.15) is 5.82 Å². The molecule has 0 saturated carbocycles. The van der Waals surface area contributed by atoms with E-state index in [1.165, 1.54) is 27.8 Å². The van der Waals surface area contributed by atoms with Crippen molar-refractivity contribution in [2.24, 2.45) is 0 Å². The summed E-state index contributed by atoms with van der Waals surface area (Å²) in [7, 11) is 0. The highest BCUT2D eigenvalue weighted by Crippen LogP contribution is 2.25. The van der Waals surface area contributed by atoms with E-state index in [1.54, 1.807) is 24.5 Å². The van der Waals surface area contributed by atoms with Crippen LogP contribution >= 0.6 is 0 Å². The number of carbonyl (C=O) groups excluding carboxylic acids is 1. The Morgan fingerprint density at radius 1 is 1.00 bits per heavy atom. The lowest BCUT2D eigenvalue weighted by atomic mass is 9.94. The van der Waals surface area contributed by atoms with Crippen LogP contribution in [0.25, 0.3) is 11.0 Å². The van der Waals surface area contributed by atoms with Crippen molar-refractivity contribution < 1.29 is 4.79 Å². The fourth-order valence-corrected chi connectivity index (χ4v) is 4.23. The summed E-state index contributed by atoms with van der Waals surface area (Å²) in [5, 5.41) is 2.99. The number of para-hydroxylation sites is 2. The molecular formula is C27H30N4O. The van der Waals surface area contributed by atoms with Crippen LogP contribution in [0.5, 0.6) is 0 Å². The zero-order valence-electron chi connectivity index (χ0n) is 19.3. The second-order valence-electron chi connectivity index (χ2n) is 8.44. The van der Waals surface area contributed by atoms with Crippen LogP contribution in [0.15, 0.2) is 54.9 Å². The van der Waals surface area contributed by atoms with E-state index >= 15 is 0 Å². The van der Waals surface area contributed by atoms with Crippen molar-refractivity contribution in [2.45, 2.75) is 47.1 Å². The Hall–Kier alpha value is -3.47. The molecule has 32 heavy (non-hydrogen) atoms. The molecule has 1 amide bonds. The first-order valence-electron chi connectivity index (χ1n) is 11.1. The van der Waals surface area contributed by atoms with Gasteiger partial charge in [-0.2, -0.15) is 0 Å². The third-order valence-corrected chi connectivity index (χ3v) is 6.36. The van der Waals surface area contributed by atoms with Gasteiger partial charge in [-0.3, -0.25) is 9.78 Å². The monoisotopic (exact) mass is 426 g/mol. The Labute approximate surface area is 189 Å². The normalized spacial score (nSPS) is 11.1. The highest BCUT2D eigenvalue weighted by molar-refractivity contribution is 5.93. The number of imidazole rings is 1. The molecule has 164 valence electrons. The molecule has 0 fully saturated rings. The molecule has 2 heterocycles. The Kier molecular flexibility index (Phi) is 6.35. The highest BCUT2D eigenvalue weighted by Gasteiger charge is 2.15. The number of fused-ring (bicyclic) bond motifs is 1. The van der Waals surface area contributed by atoms with Crippen LogP contribution in [0.4, 0.5) is 0 Å². The van der Waals surface area contributed by atoms with E-state index in [-0.39, 0.29) is 5.91 Å². The summed E-state index contributed by atoms with van der Waals surface area (Å²) in [4.78, 5) is 21.2. The summed E-state index contributed by atoms with van der Waals surface area (Å²) >= 11 is 0. The Morgan fingerprint density at radius 2 is 1.75 bits per heavy atom. The van der Waals surface area contributed by atoms with Crippen LogP contribution < -0.4 is 5.32 Å².